The van der Waals surface area contributed by atoms with E-state index in [1.165, 1.54) is 0 Å². The van der Waals surface area contributed by atoms with E-state index in [4.69, 9.17) is 4.74 Å². The highest BCUT2D eigenvalue weighted by molar-refractivity contribution is 6.02. The number of rotatable bonds is 4. The summed E-state index contributed by atoms with van der Waals surface area (Å²) in [6, 6.07) is 7.69. The number of esters is 1. The van der Waals surface area contributed by atoms with Crippen LogP contribution in [0, 0.1) is 0 Å². The first kappa shape index (κ1) is 16.7. The Labute approximate surface area is 135 Å². The number of nitrogens with zero attached hydrogens (tertiary/aromatic N) is 1. The van der Waals surface area contributed by atoms with Gasteiger partial charge in [0.25, 0.3) is 0 Å². The maximum absolute atomic E-state index is 12.4. The monoisotopic (exact) mass is 316 g/mol. The zero-order valence-corrected chi connectivity index (χ0v) is 13.5. The molecule has 23 heavy (non-hydrogen) atoms. The van der Waals surface area contributed by atoms with Gasteiger partial charge in [-0.25, -0.2) is 9.59 Å². The van der Waals surface area contributed by atoms with E-state index in [-0.39, 0.29) is 24.5 Å². The molecule has 1 aliphatic rings. The third-order valence-corrected chi connectivity index (χ3v) is 3.63. The van der Waals surface area contributed by atoms with Gasteiger partial charge in [0, 0.05) is 12.1 Å². The number of amides is 3. The Bertz CT molecular complexity index is 652. The molecule has 6 nitrogen and oxygen atoms in total. The first-order chi connectivity index (χ1) is 11.0. The number of allylic oxidation sites excluding steroid dienone is 1. The predicted octanol–water partition coefficient (Wildman–Crippen LogP) is 2.53. The second-order valence-electron chi connectivity index (χ2n) is 5.12. The lowest BCUT2D eigenvalue weighted by atomic mass is 9.93. The lowest BCUT2D eigenvalue weighted by molar-refractivity contribution is -0.140. The molecule has 0 bridgehead atoms. The maximum atomic E-state index is 12.4. The molecule has 0 saturated carbocycles. The number of nitrogens with one attached hydrogen (secondary N) is 1. The predicted molar refractivity (Wildman–Crippen MR) is 84.2 cm³/mol. The quantitative estimate of drug-likeness (QED) is 0.866. The number of ether oxygens (including phenoxy) is 1. The van der Waals surface area contributed by atoms with E-state index < -0.39 is 18.0 Å². The second kappa shape index (κ2) is 7.09. The van der Waals surface area contributed by atoms with Crippen LogP contribution in [0.4, 0.5) is 4.79 Å². The van der Waals surface area contributed by atoms with E-state index in [0.29, 0.717) is 11.3 Å². The topological polar surface area (TPSA) is 75.7 Å². The number of carbonyl (C=O) groups is 3. The summed E-state index contributed by atoms with van der Waals surface area (Å²) in [5.41, 5.74) is 1.37. The number of benzene rings is 1. The zero-order valence-electron chi connectivity index (χ0n) is 13.5. The van der Waals surface area contributed by atoms with Gasteiger partial charge in [-0.15, -0.1) is 0 Å². The van der Waals surface area contributed by atoms with Gasteiger partial charge >= 0.3 is 12.0 Å². The Morgan fingerprint density at radius 1 is 1.22 bits per heavy atom. The van der Waals surface area contributed by atoms with E-state index in [1.807, 2.05) is 6.07 Å². The fraction of sp³-hybridized carbons (Fsp3) is 0.353. The molecule has 0 saturated heterocycles. The van der Waals surface area contributed by atoms with Crippen molar-refractivity contribution in [2.24, 2.45) is 0 Å². The minimum Gasteiger partial charge on any atom is -0.463 e. The van der Waals surface area contributed by atoms with Crippen molar-refractivity contribution in [3.8, 4) is 0 Å². The van der Waals surface area contributed by atoms with Crippen molar-refractivity contribution in [2.75, 3.05) is 6.61 Å². The Kier molecular flexibility index (Phi) is 5.16. The van der Waals surface area contributed by atoms with Crippen LogP contribution in [-0.4, -0.2) is 29.4 Å². The summed E-state index contributed by atoms with van der Waals surface area (Å²) in [6.45, 7) is 5.23. The Morgan fingerprint density at radius 2 is 1.87 bits per heavy atom. The fourth-order valence-corrected chi connectivity index (χ4v) is 2.59. The Morgan fingerprint density at radius 3 is 2.43 bits per heavy atom. The molecule has 1 aromatic carbocycles. The van der Waals surface area contributed by atoms with Crippen LogP contribution in [0.2, 0.25) is 0 Å². The van der Waals surface area contributed by atoms with Gasteiger partial charge in [-0.05, 0) is 19.4 Å². The molecule has 1 atom stereocenters. The van der Waals surface area contributed by atoms with Crippen LogP contribution in [0.1, 0.15) is 38.8 Å². The minimum atomic E-state index is -0.781. The maximum Gasteiger partial charge on any atom is 0.338 e. The normalized spacial score (nSPS) is 17.8. The average molecular weight is 316 g/mol. The second-order valence-corrected chi connectivity index (χ2v) is 5.12. The molecule has 122 valence electrons. The highest BCUT2D eigenvalue weighted by Crippen LogP contribution is 2.34. The summed E-state index contributed by atoms with van der Waals surface area (Å²) in [4.78, 5) is 38.1. The smallest absolute Gasteiger partial charge is 0.338 e. The van der Waals surface area contributed by atoms with Gasteiger partial charge in [-0.3, -0.25) is 9.69 Å². The highest BCUT2D eigenvalue weighted by atomic mass is 16.5. The summed E-state index contributed by atoms with van der Waals surface area (Å²) in [7, 11) is 0. The lowest BCUT2D eigenvalue weighted by Crippen LogP contribution is -2.51. The molecule has 0 fully saturated rings. The van der Waals surface area contributed by atoms with Crippen molar-refractivity contribution in [1.82, 2.24) is 10.2 Å². The number of imide groups is 1. The van der Waals surface area contributed by atoms with Crippen LogP contribution in [-0.2, 0) is 14.3 Å². The van der Waals surface area contributed by atoms with Gasteiger partial charge in [0.1, 0.15) is 6.04 Å². The average Bonchev–Trinajstić information content (AvgIpc) is 2.54. The van der Waals surface area contributed by atoms with Crippen LogP contribution >= 0.6 is 0 Å². The number of hydrogen-bond donors (Lipinski definition) is 1. The first-order valence-electron chi connectivity index (χ1n) is 7.57. The van der Waals surface area contributed by atoms with Gasteiger partial charge in [-0.2, -0.15) is 0 Å². The van der Waals surface area contributed by atoms with Gasteiger partial charge < -0.3 is 10.1 Å². The van der Waals surface area contributed by atoms with Gasteiger partial charge in [0.2, 0.25) is 5.91 Å². The third kappa shape index (κ3) is 3.26. The zero-order chi connectivity index (χ0) is 17.0. The van der Waals surface area contributed by atoms with E-state index in [9.17, 15) is 14.4 Å². The van der Waals surface area contributed by atoms with Crippen LogP contribution in [0.5, 0.6) is 0 Å². The lowest BCUT2D eigenvalue weighted by Gasteiger charge is -2.36. The number of hydrogen-bond acceptors (Lipinski definition) is 4. The van der Waals surface area contributed by atoms with Crippen LogP contribution in [0.3, 0.4) is 0 Å². The van der Waals surface area contributed by atoms with Crippen LogP contribution < -0.4 is 5.32 Å². The largest absolute Gasteiger partial charge is 0.463 e. The summed E-state index contributed by atoms with van der Waals surface area (Å²) in [5, 5.41) is 2.58. The molecule has 1 heterocycles. The molecule has 1 aromatic rings. The molecular formula is C17H20N2O4. The Balaban J connectivity index is 2.60. The molecule has 2 rings (SSSR count). The molecule has 0 aliphatic carbocycles. The molecule has 1 N–H and O–H groups in total. The summed E-state index contributed by atoms with van der Waals surface area (Å²) >= 11 is 0. The SMILES string of the molecule is CCOC(=O)C1=C(C)NC(=O)N(C(=O)CC)C1c1ccccc1. The molecule has 1 aliphatic heterocycles. The molecule has 6 heteroatoms. The van der Waals surface area contributed by atoms with Crippen molar-refractivity contribution in [1.29, 1.82) is 0 Å². The standard InChI is InChI=1S/C17H20N2O4/c1-4-13(20)19-15(12-9-7-6-8-10-12)14(16(21)23-5-2)11(3)18-17(19)22/h6-10,15H,4-5H2,1-3H3,(H,18,22). The summed E-state index contributed by atoms with van der Waals surface area (Å²) < 4.78 is 5.11. The molecule has 0 aromatic heterocycles. The van der Waals surface area contributed by atoms with Crippen molar-refractivity contribution < 1.29 is 19.1 Å². The van der Waals surface area contributed by atoms with Crippen LogP contribution in [0.15, 0.2) is 41.6 Å². The number of carbonyl (C=O) groups excluding carboxylic acids is 3. The van der Waals surface area contributed by atoms with Crippen molar-refractivity contribution in [3.63, 3.8) is 0 Å². The fourth-order valence-electron chi connectivity index (χ4n) is 2.59. The molecule has 0 radical (unpaired) electrons. The minimum absolute atomic E-state index is 0.159. The van der Waals surface area contributed by atoms with E-state index in [0.717, 1.165) is 4.90 Å². The molecular weight excluding hydrogens is 296 g/mol. The van der Waals surface area contributed by atoms with E-state index in [1.54, 1.807) is 45.0 Å². The van der Waals surface area contributed by atoms with Crippen LogP contribution in [0.25, 0.3) is 0 Å². The molecule has 3 amide bonds. The number of urea groups is 1. The summed E-state index contributed by atoms with van der Waals surface area (Å²) in [5.74, 6) is -0.890. The highest BCUT2D eigenvalue weighted by Gasteiger charge is 2.41. The summed E-state index contributed by atoms with van der Waals surface area (Å²) in [6.07, 6.45) is 0.159. The molecule has 1 unspecified atom stereocenters. The van der Waals surface area contributed by atoms with Crippen molar-refractivity contribution in [2.45, 2.75) is 33.2 Å². The Hall–Kier alpha value is -2.63. The van der Waals surface area contributed by atoms with Gasteiger partial charge in [0.05, 0.1) is 12.2 Å². The first-order valence-corrected chi connectivity index (χ1v) is 7.57. The van der Waals surface area contributed by atoms with Crippen molar-refractivity contribution in [3.05, 3.63) is 47.2 Å². The third-order valence-electron chi connectivity index (χ3n) is 3.63. The molecule has 0 spiro atoms. The van der Waals surface area contributed by atoms with E-state index >= 15 is 0 Å². The van der Waals surface area contributed by atoms with Gasteiger partial charge in [0.15, 0.2) is 0 Å². The van der Waals surface area contributed by atoms with Gasteiger partial charge in [-0.1, -0.05) is 37.3 Å². The van der Waals surface area contributed by atoms with Crippen molar-refractivity contribution >= 4 is 17.9 Å². The van der Waals surface area contributed by atoms with E-state index in [2.05, 4.69) is 5.32 Å².